The molecule has 0 spiro atoms. The minimum Gasteiger partial charge on any atom is -0.497 e. The van der Waals surface area contributed by atoms with Gasteiger partial charge in [-0.15, -0.1) is 11.3 Å². The number of ether oxygens (including phenoxy) is 2. The molecule has 0 radical (unpaired) electrons. The summed E-state index contributed by atoms with van der Waals surface area (Å²) >= 11 is 1.73. The Hall–Kier alpha value is -1.47. The smallest absolute Gasteiger partial charge is 0.123 e. The number of benzene rings is 1. The van der Waals surface area contributed by atoms with Gasteiger partial charge in [-0.1, -0.05) is 12.1 Å². The van der Waals surface area contributed by atoms with Gasteiger partial charge >= 0.3 is 0 Å². The number of aliphatic hydroxyl groups is 1. The number of likely N-dealkylation sites (tertiary alicyclic amines) is 1. The normalized spacial score (nSPS) is 26.6. The molecule has 1 aromatic heterocycles. The molecule has 2 aliphatic rings. The molecule has 0 bridgehead atoms. The number of hydrogen-bond acceptors (Lipinski definition) is 6. The van der Waals surface area contributed by atoms with Crippen molar-refractivity contribution in [3.05, 3.63) is 35.3 Å². The Morgan fingerprint density at radius 2 is 2.40 bits per heavy atom. The molecule has 0 saturated carbocycles. The van der Waals surface area contributed by atoms with Crippen LogP contribution in [0.2, 0.25) is 0 Å². The second-order valence-corrected chi connectivity index (χ2v) is 8.19. The van der Waals surface area contributed by atoms with E-state index in [1.165, 1.54) is 4.88 Å². The maximum absolute atomic E-state index is 9.93. The van der Waals surface area contributed by atoms with Gasteiger partial charge in [-0.2, -0.15) is 0 Å². The van der Waals surface area contributed by atoms with Crippen molar-refractivity contribution in [1.29, 1.82) is 0 Å². The molecule has 1 aromatic carbocycles. The van der Waals surface area contributed by atoms with Gasteiger partial charge in [0.2, 0.25) is 0 Å². The van der Waals surface area contributed by atoms with Gasteiger partial charge in [-0.05, 0) is 18.6 Å². The van der Waals surface area contributed by atoms with Crippen LogP contribution in [0.3, 0.4) is 0 Å². The van der Waals surface area contributed by atoms with Gasteiger partial charge in [0.1, 0.15) is 10.8 Å². The summed E-state index contributed by atoms with van der Waals surface area (Å²) in [6.07, 6.45) is 2.94. The average molecular weight is 360 g/mol. The Kier molecular flexibility index (Phi) is 4.78. The number of aromatic nitrogens is 1. The van der Waals surface area contributed by atoms with E-state index in [1.807, 2.05) is 24.4 Å². The lowest BCUT2D eigenvalue weighted by molar-refractivity contribution is -0.0417. The largest absolute Gasteiger partial charge is 0.497 e. The van der Waals surface area contributed by atoms with E-state index in [0.717, 1.165) is 55.6 Å². The predicted octanol–water partition coefficient (Wildman–Crippen LogP) is 2.65. The van der Waals surface area contributed by atoms with E-state index in [1.54, 1.807) is 18.4 Å². The fraction of sp³-hybridized carbons (Fsp3) is 0.526. The first-order valence-electron chi connectivity index (χ1n) is 8.72. The summed E-state index contributed by atoms with van der Waals surface area (Å²) in [5.74, 6) is 1.29. The number of thiazole rings is 1. The van der Waals surface area contributed by atoms with Gasteiger partial charge in [-0.25, -0.2) is 4.98 Å². The Labute approximate surface area is 152 Å². The Morgan fingerprint density at radius 1 is 1.48 bits per heavy atom. The molecule has 1 N–H and O–H groups in total. The zero-order valence-electron chi connectivity index (χ0n) is 14.5. The second-order valence-electron chi connectivity index (χ2n) is 7.08. The first kappa shape index (κ1) is 17.0. The van der Waals surface area contributed by atoms with Gasteiger partial charge in [0.15, 0.2) is 0 Å². The van der Waals surface area contributed by atoms with E-state index in [9.17, 15) is 5.11 Å². The van der Waals surface area contributed by atoms with E-state index in [-0.39, 0.29) is 12.0 Å². The maximum Gasteiger partial charge on any atom is 0.123 e. The van der Waals surface area contributed by atoms with E-state index < -0.39 is 0 Å². The fourth-order valence-electron chi connectivity index (χ4n) is 4.03. The van der Waals surface area contributed by atoms with Crippen molar-refractivity contribution < 1.29 is 14.6 Å². The summed E-state index contributed by atoms with van der Waals surface area (Å²) in [6, 6.07) is 8.02. The zero-order valence-corrected chi connectivity index (χ0v) is 15.3. The highest BCUT2D eigenvalue weighted by Gasteiger charge is 2.47. The molecular formula is C19H24N2O3S. The minimum atomic E-state index is 0.0264. The van der Waals surface area contributed by atoms with Crippen LogP contribution in [0, 0.1) is 11.3 Å². The van der Waals surface area contributed by atoms with E-state index in [4.69, 9.17) is 9.47 Å². The van der Waals surface area contributed by atoms with Crippen LogP contribution in [-0.4, -0.2) is 55.0 Å². The predicted molar refractivity (Wildman–Crippen MR) is 97.8 cm³/mol. The molecule has 2 aliphatic heterocycles. The molecule has 134 valence electrons. The Bertz CT molecular complexity index is 735. The SMILES string of the molecule is COc1cccc(-c2ncc(CN3C[C@@H]4COCC[C@]4(CO)C3)s2)c1. The first-order chi connectivity index (χ1) is 12.2. The highest BCUT2D eigenvalue weighted by atomic mass is 32.1. The van der Waals surface area contributed by atoms with Crippen LogP contribution in [-0.2, 0) is 11.3 Å². The van der Waals surface area contributed by atoms with E-state index in [2.05, 4.69) is 16.0 Å². The van der Waals surface area contributed by atoms with Crippen molar-refractivity contribution in [2.75, 3.05) is 40.0 Å². The standard InChI is InChI=1S/C19H24N2O3S/c1-23-16-4-2-3-14(7-16)18-20-8-17(25-18)10-21-9-15-11-24-6-5-19(15,12-21)13-22/h2-4,7-8,15,22H,5-6,9-13H2,1H3/t15-,19-/m1/s1. The first-order valence-corrected chi connectivity index (χ1v) is 9.54. The number of aliphatic hydroxyl groups excluding tert-OH is 1. The summed E-state index contributed by atoms with van der Waals surface area (Å²) < 4.78 is 10.9. The molecule has 5 nitrogen and oxygen atoms in total. The molecule has 25 heavy (non-hydrogen) atoms. The summed E-state index contributed by atoms with van der Waals surface area (Å²) in [5, 5.41) is 11.0. The number of hydrogen-bond donors (Lipinski definition) is 1. The van der Waals surface area contributed by atoms with Crippen molar-refractivity contribution in [2.24, 2.45) is 11.3 Å². The quantitative estimate of drug-likeness (QED) is 0.888. The Morgan fingerprint density at radius 3 is 3.20 bits per heavy atom. The third-order valence-electron chi connectivity index (χ3n) is 5.51. The molecule has 3 heterocycles. The number of nitrogens with zero attached hydrogens (tertiary/aromatic N) is 2. The topological polar surface area (TPSA) is 54.8 Å². The number of methoxy groups -OCH3 is 1. The third kappa shape index (κ3) is 3.31. The molecule has 0 amide bonds. The molecular weight excluding hydrogens is 336 g/mol. The van der Waals surface area contributed by atoms with Crippen LogP contribution in [0.25, 0.3) is 10.6 Å². The van der Waals surface area contributed by atoms with Crippen LogP contribution in [0.1, 0.15) is 11.3 Å². The fourth-order valence-corrected chi connectivity index (χ4v) is 4.98. The summed E-state index contributed by atoms with van der Waals surface area (Å²) in [4.78, 5) is 8.29. The molecule has 2 fully saturated rings. The third-order valence-corrected chi connectivity index (χ3v) is 6.54. The van der Waals surface area contributed by atoms with Crippen LogP contribution < -0.4 is 4.74 Å². The van der Waals surface area contributed by atoms with Gasteiger partial charge < -0.3 is 14.6 Å². The van der Waals surface area contributed by atoms with Crippen molar-refractivity contribution in [3.63, 3.8) is 0 Å². The number of rotatable bonds is 5. The lowest BCUT2D eigenvalue weighted by Gasteiger charge is -2.36. The maximum atomic E-state index is 9.93. The van der Waals surface area contributed by atoms with Crippen molar-refractivity contribution in [3.8, 4) is 16.3 Å². The van der Waals surface area contributed by atoms with Gasteiger partial charge in [0.25, 0.3) is 0 Å². The highest BCUT2D eigenvalue weighted by Crippen LogP contribution is 2.42. The summed E-state index contributed by atoms with van der Waals surface area (Å²) in [7, 11) is 1.68. The van der Waals surface area contributed by atoms with Gasteiger partial charge in [0, 0.05) is 54.2 Å². The van der Waals surface area contributed by atoms with Crippen LogP contribution in [0.4, 0.5) is 0 Å². The molecule has 2 aromatic rings. The molecule has 6 heteroatoms. The lowest BCUT2D eigenvalue weighted by Crippen LogP contribution is -2.41. The van der Waals surface area contributed by atoms with Crippen LogP contribution >= 0.6 is 11.3 Å². The van der Waals surface area contributed by atoms with Crippen molar-refractivity contribution in [1.82, 2.24) is 9.88 Å². The summed E-state index contributed by atoms with van der Waals surface area (Å²) in [5.41, 5.74) is 1.12. The molecule has 0 aliphatic carbocycles. The van der Waals surface area contributed by atoms with Crippen molar-refractivity contribution >= 4 is 11.3 Å². The minimum absolute atomic E-state index is 0.0264. The molecule has 0 unspecified atom stereocenters. The average Bonchev–Trinajstić information content (AvgIpc) is 3.26. The summed E-state index contributed by atoms with van der Waals surface area (Å²) in [6.45, 7) is 4.63. The monoisotopic (exact) mass is 360 g/mol. The van der Waals surface area contributed by atoms with E-state index in [0.29, 0.717) is 5.92 Å². The van der Waals surface area contributed by atoms with Gasteiger partial charge in [-0.3, -0.25) is 4.90 Å². The Balaban J connectivity index is 1.46. The second kappa shape index (κ2) is 7.03. The molecule has 2 atom stereocenters. The van der Waals surface area contributed by atoms with E-state index >= 15 is 0 Å². The van der Waals surface area contributed by atoms with Gasteiger partial charge in [0.05, 0.1) is 20.3 Å². The zero-order chi connectivity index (χ0) is 17.3. The van der Waals surface area contributed by atoms with Crippen LogP contribution in [0.5, 0.6) is 5.75 Å². The highest BCUT2D eigenvalue weighted by molar-refractivity contribution is 7.15. The molecule has 4 rings (SSSR count). The lowest BCUT2D eigenvalue weighted by atomic mass is 9.75. The number of fused-ring (bicyclic) bond motifs is 1. The van der Waals surface area contributed by atoms with Crippen LogP contribution in [0.15, 0.2) is 30.5 Å². The molecule has 2 saturated heterocycles. The van der Waals surface area contributed by atoms with Crippen molar-refractivity contribution in [2.45, 2.75) is 13.0 Å².